The fraction of sp³-hybridized carbons (Fsp3) is 0.316. The molecule has 3 aromatic rings. The van der Waals surface area contributed by atoms with Gasteiger partial charge in [0.15, 0.2) is 0 Å². The highest BCUT2D eigenvalue weighted by Gasteiger charge is 2.31. The number of pyridine rings is 1. The van der Waals surface area contributed by atoms with E-state index in [0.717, 1.165) is 17.7 Å². The summed E-state index contributed by atoms with van der Waals surface area (Å²) in [6.07, 6.45) is 5.71. The maximum atomic E-state index is 12.8. The molecule has 0 aliphatic carbocycles. The largest absolute Gasteiger partial charge is 0.338 e. The topological polar surface area (TPSA) is 96.8 Å². The van der Waals surface area contributed by atoms with Crippen LogP contribution in [0.4, 0.5) is 0 Å². The molecule has 8 heteroatoms. The third-order valence-electron chi connectivity index (χ3n) is 5.06. The summed E-state index contributed by atoms with van der Waals surface area (Å²) in [5, 5.41) is 4.15. The van der Waals surface area contributed by atoms with Gasteiger partial charge in [-0.1, -0.05) is 0 Å². The van der Waals surface area contributed by atoms with Crippen LogP contribution in [0.25, 0.3) is 11.3 Å². The lowest BCUT2D eigenvalue weighted by Crippen LogP contribution is -2.29. The molecule has 3 aromatic heterocycles. The molecule has 0 spiro atoms. The highest BCUT2D eigenvalue weighted by atomic mass is 16.2. The minimum Gasteiger partial charge on any atom is -0.338 e. The Kier molecular flexibility index (Phi) is 4.31. The number of H-pyrrole nitrogens is 1. The van der Waals surface area contributed by atoms with E-state index in [-0.39, 0.29) is 17.4 Å². The van der Waals surface area contributed by atoms with Gasteiger partial charge >= 0.3 is 0 Å². The molecule has 1 fully saturated rings. The first-order chi connectivity index (χ1) is 13.0. The normalized spacial score (nSPS) is 16.7. The van der Waals surface area contributed by atoms with Crippen molar-refractivity contribution in [2.75, 3.05) is 13.1 Å². The van der Waals surface area contributed by atoms with Gasteiger partial charge in [-0.2, -0.15) is 5.10 Å². The number of nitrogens with zero attached hydrogens (tertiary/aromatic N) is 5. The molecule has 1 N–H and O–H groups in total. The maximum absolute atomic E-state index is 12.8. The molecule has 1 atom stereocenters. The number of carbonyl (C=O) groups is 1. The van der Waals surface area contributed by atoms with E-state index in [9.17, 15) is 9.59 Å². The number of carbonyl (C=O) groups excluding carboxylic acids is 1. The molecule has 8 nitrogen and oxygen atoms in total. The minimum atomic E-state index is -0.195. The predicted molar refractivity (Wildman–Crippen MR) is 99.3 cm³/mol. The van der Waals surface area contributed by atoms with E-state index in [1.807, 2.05) is 26.1 Å². The first kappa shape index (κ1) is 17.1. The van der Waals surface area contributed by atoms with Crippen molar-refractivity contribution >= 4 is 5.91 Å². The molecule has 4 heterocycles. The van der Waals surface area contributed by atoms with Gasteiger partial charge in [0.1, 0.15) is 5.82 Å². The van der Waals surface area contributed by atoms with Crippen LogP contribution in [-0.2, 0) is 7.05 Å². The second kappa shape index (κ2) is 6.79. The van der Waals surface area contributed by atoms with Crippen LogP contribution in [-0.4, -0.2) is 48.6 Å². The highest BCUT2D eigenvalue weighted by Crippen LogP contribution is 2.27. The molecule has 1 aliphatic rings. The number of hydrogen-bond donors (Lipinski definition) is 1. The third-order valence-corrected chi connectivity index (χ3v) is 5.06. The van der Waals surface area contributed by atoms with Gasteiger partial charge in [-0.05, 0) is 25.5 Å². The smallest absolute Gasteiger partial charge is 0.257 e. The molecular weight excluding hydrogens is 344 g/mol. The molecule has 0 aromatic carbocycles. The van der Waals surface area contributed by atoms with Crippen LogP contribution >= 0.6 is 0 Å². The van der Waals surface area contributed by atoms with Crippen LogP contribution in [0.15, 0.2) is 41.6 Å². The number of aromatic amines is 1. The average molecular weight is 364 g/mol. The van der Waals surface area contributed by atoms with Crippen LogP contribution in [0.5, 0.6) is 0 Å². The molecular formula is C19H20N6O2. The summed E-state index contributed by atoms with van der Waals surface area (Å²) < 4.78 is 1.69. The summed E-state index contributed by atoms with van der Waals surface area (Å²) in [6, 6.07) is 5.12. The van der Waals surface area contributed by atoms with Crippen molar-refractivity contribution in [1.29, 1.82) is 0 Å². The van der Waals surface area contributed by atoms with Crippen LogP contribution in [0.3, 0.4) is 0 Å². The summed E-state index contributed by atoms with van der Waals surface area (Å²) in [7, 11) is 1.82. The number of aryl methyl sites for hydroxylation is 1. The van der Waals surface area contributed by atoms with E-state index < -0.39 is 0 Å². The first-order valence-corrected chi connectivity index (χ1v) is 8.82. The van der Waals surface area contributed by atoms with Crippen molar-refractivity contribution in [2.45, 2.75) is 19.3 Å². The average Bonchev–Trinajstić information content (AvgIpc) is 3.29. The lowest BCUT2D eigenvalue weighted by atomic mass is 10.1. The Labute approximate surface area is 155 Å². The standard InChI is InChI=1S/C19H20N6O2/c1-12-15(10-21-24(12)2)19(27)25-8-5-14(11-25)18-22-16(9-17(26)23-18)13-3-6-20-7-4-13/h3-4,6-7,9-10,14H,5,8,11H2,1-2H3,(H,22,23,26)/t14-/m1/s1. The van der Waals surface area contributed by atoms with Crippen LogP contribution in [0.2, 0.25) is 0 Å². The zero-order chi connectivity index (χ0) is 19.0. The van der Waals surface area contributed by atoms with E-state index in [2.05, 4.69) is 20.1 Å². The van der Waals surface area contributed by atoms with Crippen LogP contribution in [0, 0.1) is 6.92 Å². The van der Waals surface area contributed by atoms with Crippen molar-refractivity contribution in [3.05, 3.63) is 64.2 Å². The Bertz CT molecular complexity index is 1040. The van der Waals surface area contributed by atoms with Crippen molar-refractivity contribution in [3.8, 4) is 11.3 Å². The second-order valence-corrected chi connectivity index (χ2v) is 6.76. The summed E-state index contributed by atoms with van der Waals surface area (Å²) in [4.78, 5) is 38.2. The molecule has 27 heavy (non-hydrogen) atoms. The molecule has 0 radical (unpaired) electrons. The zero-order valence-electron chi connectivity index (χ0n) is 15.2. The van der Waals surface area contributed by atoms with Crippen molar-refractivity contribution in [1.82, 2.24) is 29.6 Å². The Morgan fingerprint density at radius 1 is 1.30 bits per heavy atom. The molecule has 4 rings (SSSR count). The number of hydrogen-bond acceptors (Lipinski definition) is 5. The van der Waals surface area contributed by atoms with Gasteiger partial charge in [-0.15, -0.1) is 0 Å². The second-order valence-electron chi connectivity index (χ2n) is 6.76. The summed E-state index contributed by atoms with van der Waals surface area (Å²) in [5.41, 5.74) is 2.72. The van der Waals surface area contributed by atoms with Gasteiger partial charge in [-0.25, -0.2) is 4.98 Å². The van der Waals surface area contributed by atoms with E-state index in [0.29, 0.717) is 30.2 Å². The molecule has 0 bridgehead atoms. The zero-order valence-corrected chi connectivity index (χ0v) is 15.2. The SMILES string of the molecule is Cc1c(C(=O)N2CC[C@@H](c3nc(-c4ccncc4)cc(=O)[nH]3)C2)cnn1C. The van der Waals surface area contributed by atoms with E-state index >= 15 is 0 Å². The Morgan fingerprint density at radius 3 is 2.78 bits per heavy atom. The fourth-order valence-electron chi connectivity index (χ4n) is 3.39. The Morgan fingerprint density at radius 2 is 2.07 bits per heavy atom. The quantitative estimate of drug-likeness (QED) is 0.760. The molecule has 0 unspecified atom stereocenters. The number of likely N-dealkylation sites (tertiary alicyclic amines) is 1. The van der Waals surface area contributed by atoms with Gasteiger partial charge in [0, 0.05) is 55.8 Å². The lowest BCUT2D eigenvalue weighted by molar-refractivity contribution is 0.0789. The van der Waals surface area contributed by atoms with E-state index in [1.54, 1.807) is 28.2 Å². The van der Waals surface area contributed by atoms with Crippen molar-refractivity contribution in [3.63, 3.8) is 0 Å². The number of aromatic nitrogens is 5. The lowest BCUT2D eigenvalue weighted by Gasteiger charge is -2.16. The third kappa shape index (κ3) is 3.25. The van der Waals surface area contributed by atoms with Gasteiger partial charge < -0.3 is 9.88 Å². The van der Waals surface area contributed by atoms with Gasteiger partial charge in [0.2, 0.25) is 0 Å². The number of nitrogens with one attached hydrogen (secondary N) is 1. The molecule has 1 saturated heterocycles. The molecule has 1 amide bonds. The predicted octanol–water partition coefficient (Wildman–Crippen LogP) is 1.50. The van der Waals surface area contributed by atoms with Gasteiger partial charge in [-0.3, -0.25) is 19.3 Å². The Hall–Kier alpha value is -3.29. The van der Waals surface area contributed by atoms with E-state index in [4.69, 9.17) is 0 Å². The van der Waals surface area contributed by atoms with Crippen molar-refractivity contribution in [2.24, 2.45) is 7.05 Å². The monoisotopic (exact) mass is 364 g/mol. The summed E-state index contributed by atoms with van der Waals surface area (Å²) >= 11 is 0. The number of amides is 1. The Balaban J connectivity index is 1.57. The maximum Gasteiger partial charge on any atom is 0.257 e. The minimum absolute atomic E-state index is 0.000384. The van der Waals surface area contributed by atoms with E-state index in [1.165, 1.54) is 6.07 Å². The molecule has 0 saturated carbocycles. The van der Waals surface area contributed by atoms with Crippen LogP contribution in [0.1, 0.15) is 34.2 Å². The summed E-state index contributed by atoms with van der Waals surface area (Å²) in [6.45, 7) is 3.03. The first-order valence-electron chi connectivity index (χ1n) is 8.82. The highest BCUT2D eigenvalue weighted by molar-refractivity contribution is 5.95. The molecule has 1 aliphatic heterocycles. The van der Waals surface area contributed by atoms with Gasteiger partial charge in [0.05, 0.1) is 17.5 Å². The fourth-order valence-corrected chi connectivity index (χ4v) is 3.39. The number of rotatable bonds is 3. The molecule has 138 valence electrons. The van der Waals surface area contributed by atoms with Crippen LogP contribution < -0.4 is 5.56 Å². The van der Waals surface area contributed by atoms with Gasteiger partial charge in [0.25, 0.3) is 11.5 Å². The summed E-state index contributed by atoms with van der Waals surface area (Å²) in [5.74, 6) is 0.587. The van der Waals surface area contributed by atoms with Crippen molar-refractivity contribution < 1.29 is 4.79 Å².